The summed E-state index contributed by atoms with van der Waals surface area (Å²) in [7, 11) is 0. The number of anilines is 1. The van der Waals surface area contributed by atoms with Crippen LogP contribution in [0.15, 0.2) is 46.9 Å². The highest BCUT2D eigenvalue weighted by Gasteiger charge is 2.35. The zero-order valence-corrected chi connectivity index (χ0v) is 16.2. The second-order valence-electron chi connectivity index (χ2n) is 6.44. The van der Waals surface area contributed by atoms with E-state index in [4.69, 9.17) is 0 Å². The summed E-state index contributed by atoms with van der Waals surface area (Å²) in [6.07, 6.45) is -0.437. The van der Waals surface area contributed by atoms with Crippen LogP contribution in [0.4, 0.5) is 11.4 Å². The minimum atomic E-state index is -0.538. The Morgan fingerprint density at radius 2 is 1.93 bits per heavy atom. The first-order valence-electron chi connectivity index (χ1n) is 8.23. The van der Waals surface area contributed by atoms with Crippen molar-refractivity contribution in [1.29, 1.82) is 0 Å². The topological polar surface area (TPSA) is 105 Å². The Kier molecular flexibility index (Phi) is 5.13. The van der Waals surface area contributed by atoms with Gasteiger partial charge < -0.3 is 5.32 Å². The van der Waals surface area contributed by atoms with Crippen LogP contribution in [0.5, 0.6) is 0 Å². The van der Waals surface area contributed by atoms with Crippen molar-refractivity contribution in [3.05, 3.63) is 68.2 Å². The fourth-order valence-electron chi connectivity index (χ4n) is 2.79. The Morgan fingerprint density at radius 3 is 2.52 bits per heavy atom. The summed E-state index contributed by atoms with van der Waals surface area (Å²) in [5.74, 6) is -0.842. The molecule has 0 bridgehead atoms. The van der Waals surface area contributed by atoms with Gasteiger partial charge in [0.1, 0.15) is 6.17 Å². The van der Waals surface area contributed by atoms with Crippen LogP contribution in [0.3, 0.4) is 0 Å². The molecule has 2 amide bonds. The standard InChI is InChI=1S/C18H17BrN4O4/c1-10(2)16-20-15-8-5-12(19)9-14(15)18(25)22(16)21-17(24)11-3-6-13(7-4-11)23(26)27/h3-10,16,20H,1-2H3,(H,21,24). The highest BCUT2D eigenvalue weighted by atomic mass is 79.9. The molecule has 3 rings (SSSR count). The van der Waals surface area contributed by atoms with Gasteiger partial charge in [0, 0.05) is 27.9 Å². The first kappa shape index (κ1) is 18.8. The first-order chi connectivity index (χ1) is 12.8. The summed E-state index contributed by atoms with van der Waals surface area (Å²) in [5, 5.41) is 15.3. The van der Waals surface area contributed by atoms with Gasteiger partial charge in [0.15, 0.2) is 0 Å². The molecule has 1 aliphatic rings. The number of hydrogen-bond donors (Lipinski definition) is 2. The molecule has 2 N–H and O–H groups in total. The number of nitrogens with zero attached hydrogens (tertiary/aromatic N) is 2. The molecule has 140 valence electrons. The van der Waals surface area contributed by atoms with Gasteiger partial charge in [-0.25, -0.2) is 5.01 Å². The van der Waals surface area contributed by atoms with E-state index in [0.29, 0.717) is 11.3 Å². The van der Waals surface area contributed by atoms with Crippen LogP contribution in [0.1, 0.15) is 34.6 Å². The third kappa shape index (κ3) is 3.77. The lowest BCUT2D eigenvalue weighted by molar-refractivity contribution is -0.384. The summed E-state index contributed by atoms with van der Waals surface area (Å²) in [4.78, 5) is 35.7. The van der Waals surface area contributed by atoms with Crippen molar-refractivity contribution in [3.8, 4) is 0 Å². The normalized spacial score (nSPS) is 15.9. The van der Waals surface area contributed by atoms with Crippen molar-refractivity contribution in [2.45, 2.75) is 20.0 Å². The SMILES string of the molecule is CC(C)C1Nc2ccc(Br)cc2C(=O)N1NC(=O)c1ccc([N+](=O)[O-])cc1. The third-order valence-electron chi connectivity index (χ3n) is 4.21. The summed E-state index contributed by atoms with van der Waals surface area (Å²) in [6, 6.07) is 10.5. The second-order valence-corrected chi connectivity index (χ2v) is 7.36. The summed E-state index contributed by atoms with van der Waals surface area (Å²) >= 11 is 3.35. The van der Waals surface area contributed by atoms with Crippen LogP contribution in [0.2, 0.25) is 0 Å². The lowest BCUT2D eigenvalue weighted by Crippen LogP contribution is -2.59. The highest BCUT2D eigenvalue weighted by Crippen LogP contribution is 2.29. The van der Waals surface area contributed by atoms with E-state index in [1.165, 1.54) is 29.3 Å². The molecule has 8 nitrogen and oxygen atoms in total. The fraction of sp³-hybridized carbons (Fsp3) is 0.222. The maximum atomic E-state index is 13.0. The molecular formula is C18H17BrN4O4. The predicted octanol–water partition coefficient (Wildman–Crippen LogP) is 3.55. The van der Waals surface area contributed by atoms with Gasteiger partial charge in [0.2, 0.25) is 0 Å². The molecule has 0 saturated heterocycles. The van der Waals surface area contributed by atoms with E-state index in [1.54, 1.807) is 6.07 Å². The minimum Gasteiger partial charge on any atom is -0.363 e. The van der Waals surface area contributed by atoms with Gasteiger partial charge in [0.05, 0.1) is 10.5 Å². The third-order valence-corrected chi connectivity index (χ3v) is 4.70. The van der Waals surface area contributed by atoms with Gasteiger partial charge in [-0.3, -0.25) is 25.1 Å². The van der Waals surface area contributed by atoms with Crippen LogP contribution in [-0.2, 0) is 0 Å². The average Bonchev–Trinajstić information content (AvgIpc) is 2.64. The number of halogens is 1. The Labute approximate surface area is 163 Å². The summed E-state index contributed by atoms with van der Waals surface area (Å²) in [6.45, 7) is 3.86. The molecule has 2 aromatic rings. The lowest BCUT2D eigenvalue weighted by atomic mass is 10.0. The number of nitro groups is 1. The number of carbonyl (C=O) groups excluding carboxylic acids is 2. The van der Waals surface area contributed by atoms with Crippen LogP contribution >= 0.6 is 15.9 Å². The maximum absolute atomic E-state index is 13.0. The van der Waals surface area contributed by atoms with Gasteiger partial charge in [-0.05, 0) is 36.2 Å². The minimum absolute atomic E-state index is 0.0166. The Morgan fingerprint density at radius 1 is 1.26 bits per heavy atom. The molecule has 27 heavy (non-hydrogen) atoms. The monoisotopic (exact) mass is 432 g/mol. The number of hydrogen-bond acceptors (Lipinski definition) is 5. The lowest BCUT2D eigenvalue weighted by Gasteiger charge is -2.39. The van der Waals surface area contributed by atoms with Gasteiger partial charge in [0.25, 0.3) is 17.5 Å². The number of fused-ring (bicyclic) bond motifs is 1. The molecular weight excluding hydrogens is 416 g/mol. The molecule has 0 aromatic heterocycles. The number of nitro benzene ring substituents is 1. The summed E-state index contributed by atoms with van der Waals surface area (Å²) < 4.78 is 0.751. The Bertz CT molecular complexity index is 914. The van der Waals surface area contributed by atoms with Gasteiger partial charge in [-0.15, -0.1) is 0 Å². The maximum Gasteiger partial charge on any atom is 0.276 e. The molecule has 2 aromatic carbocycles. The Hall–Kier alpha value is -2.94. The molecule has 1 heterocycles. The van der Waals surface area contributed by atoms with Gasteiger partial charge in [-0.2, -0.15) is 0 Å². The van der Waals surface area contributed by atoms with Crippen LogP contribution in [0.25, 0.3) is 0 Å². The van der Waals surface area contributed by atoms with E-state index in [1.807, 2.05) is 26.0 Å². The predicted molar refractivity (Wildman–Crippen MR) is 103 cm³/mol. The van der Waals surface area contributed by atoms with E-state index in [2.05, 4.69) is 26.7 Å². The molecule has 0 fully saturated rings. The van der Waals surface area contributed by atoms with Crippen molar-refractivity contribution in [2.24, 2.45) is 5.92 Å². The van der Waals surface area contributed by atoms with Crippen LogP contribution in [0, 0.1) is 16.0 Å². The van der Waals surface area contributed by atoms with E-state index < -0.39 is 17.0 Å². The molecule has 1 atom stereocenters. The van der Waals surface area contributed by atoms with Crippen LogP contribution in [-0.4, -0.2) is 27.9 Å². The van der Waals surface area contributed by atoms with E-state index in [9.17, 15) is 19.7 Å². The number of rotatable bonds is 4. The van der Waals surface area contributed by atoms with Crippen LogP contribution < -0.4 is 10.7 Å². The number of carbonyl (C=O) groups is 2. The zero-order chi connectivity index (χ0) is 19.7. The van der Waals surface area contributed by atoms with E-state index >= 15 is 0 Å². The van der Waals surface area contributed by atoms with Crippen molar-refractivity contribution in [2.75, 3.05) is 5.32 Å². The summed E-state index contributed by atoms with van der Waals surface area (Å²) in [5.41, 5.74) is 3.86. The fourth-order valence-corrected chi connectivity index (χ4v) is 3.15. The Balaban J connectivity index is 1.88. The highest BCUT2D eigenvalue weighted by molar-refractivity contribution is 9.10. The number of non-ortho nitro benzene ring substituents is 1. The average molecular weight is 433 g/mol. The quantitative estimate of drug-likeness (QED) is 0.567. The second kappa shape index (κ2) is 7.36. The molecule has 0 aliphatic carbocycles. The zero-order valence-electron chi connectivity index (χ0n) is 14.6. The van der Waals surface area contributed by atoms with Crippen molar-refractivity contribution in [1.82, 2.24) is 10.4 Å². The first-order valence-corrected chi connectivity index (χ1v) is 9.02. The molecule has 0 saturated carbocycles. The largest absolute Gasteiger partial charge is 0.363 e. The van der Waals surface area contributed by atoms with Crippen molar-refractivity contribution < 1.29 is 14.5 Å². The molecule has 0 radical (unpaired) electrons. The molecule has 0 spiro atoms. The van der Waals surface area contributed by atoms with E-state index in [0.717, 1.165) is 4.47 Å². The molecule has 9 heteroatoms. The smallest absolute Gasteiger partial charge is 0.276 e. The number of amides is 2. The van der Waals surface area contributed by atoms with Crippen molar-refractivity contribution >= 4 is 39.1 Å². The number of hydrazine groups is 1. The number of nitrogens with one attached hydrogen (secondary N) is 2. The van der Waals surface area contributed by atoms with Gasteiger partial charge >= 0.3 is 0 Å². The molecule has 1 aliphatic heterocycles. The molecule has 1 unspecified atom stereocenters. The van der Waals surface area contributed by atoms with E-state index in [-0.39, 0.29) is 23.1 Å². The number of benzene rings is 2. The van der Waals surface area contributed by atoms with Gasteiger partial charge in [-0.1, -0.05) is 29.8 Å². The van der Waals surface area contributed by atoms with Crippen molar-refractivity contribution in [3.63, 3.8) is 0 Å².